The summed E-state index contributed by atoms with van der Waals surface area (Å²) in [5.74, 6) is 0. The van der Waals surface area contributed by atoms with E-state index in [1.807, 2.05) is 54.6 Å². The first kappa shape index (κ1) is 20.5. The first-order valence-electron chi connectivity index (χ1n) is 9.93. The van der Waals surface area contributed by atoms with Crippen LogP contribution in [-0.4, -0.2) is 26.8 Å². The Morgan fingerprint density at radius 3 is 2.42 bits per heavy atom. The van der Waals surface area contributed by atoms with E-state index in [0.717, 1.165) is 15.8 Å². The number of para-hydroxylation sites is 1. The maximum absolute atomic E-state index is 13.3. The molecule has 33 heavy (non-hydrogen) atoms. The van der Waals surface area contributed by atoms with Crippen molar-refractivity contribution in [1.82, 2.24) is 14.8 Å². The fourth-order valence-electron chi connectivity index (χ4n) is 3.33. The van der Waals surface area contributed by atoms with Gasteiger partial charge in [0, 0.05) is 17.7 Å². The lowest BCUT2D eigenvalue weighted by molar-refractivity contribution is -0.736. The zero-order chi connectivity index (χ0) is 22.8. The van der Waals surface area contributed by atoms with Gasteiger partial charge in [0.25, 0.3) is 10.5 Å². The van der Waals surface area contributed by atoms with Crippen LogP contribution < -0.4 is 5.56 Å². The molecule has 5 aromatic rings. The van der Waals surface area contributed by atoms with Crippen LogP contribution in [0.5, 0.6) is 0 Å². The molecule has 3 aromatic carbocycles. The third-order valence-electron chi connectivity index (χ3n) is 4.93. The third-order valence-corrected chi connectivity index (χ3v) is 5.85. The van der Waals surface area contributed by atoms with Crippen LogP contribution in [0, 0.1) is 4.91 Å². The Labute approximate surface area is 191 Å². The Kier molecular flexibility index (Phi) is 5.33. The monoisotopic (exact) mass is 457 g/mol. The number of aromatic nitrogens is 3. The molecule has 0 unspecified atom stereocenters. The van der Waals surface area contributed by atoms with Gasteiger partial charge >= 0.3 is 5.69 Å². The van der Waals surface area contributed by atoms with Gasteiger partial charge in [0.1, 0.15) is 0 Å². The largest absolute Gasteiger partial charge is 0.316 e. The highest BCUT2D eigenvalue weighted by Gasteiger charge is 2.19. The van der Waals surface area contributed by atoms with Crippen LogP contribution >= 0.6 is 11.3 Å². The van der Waals surface area contributed by atoms with E-state index < -0.39 is 0 Å². The van der Waals surface area contributed by atoms with Crippen molar-refractivity contribution in [2.45, 2.75) is 0 Å². The van der Waals surface area contributed by atoms with E-state index in [1.165, 1.54) is 23.1 Å². The lowest BCUT2D eigenvalue weighted by Gasteiger charge is -2.01. The minimum Gasteiger partial charge on any atom is -0.288 e. The standard InChI is InChI=1S/C23H16N6O3S/c1-32-29(31)17-13-11-16(12-14-17)28-22(30)21(20(27-28)15-7-3-2-4-8-15)25-26-23-24-18-9-5-6-10-19(18)33-23/h2-14H,1H3/p+1. The van der Waals surface area contributed by atoms with Crippen LogP contribution in [0.15, 0.2) is 93.9 Å². The predicted octanol–water partition coefficient (Wildman–Crippen LogP) is 5.83. The van der Waals surface area contributed by atoms with E-state index in [-0.39, 0.29) is 11.2 Å². The van der Waals surface area contributed by atoms with Crippen molar-refractivity contribution in [2.75, 3.05) is 7.11 Å². The average Bonchev–Trinajstić information content (AvgIpc) is 3.43. The molecule has 0 saturated carbocycles. The number of rotatable bonds is 6. The van der Waals surface area contributed by atoms with Gasteiger partial charge in [0.2, 0.25) is 5.13 Å². The van der Waals surface area contributed by atoms with Crippen LogP contribution in [-0.2, 0) is 4.84 Å². The number of fused-ring (bicyclic) bond motifs is 1. The highest BCUT2D eigenvalue weighted by atomic mass is 32.1. The molecule has 2 aromatic heterocycles. The molecule has 9 nitrogen and oxygen atoms in total. The molecule has 0 fully saturated rings. The molecule has 0 aliphatic carbocycles. The predicted molar refractivity (Wildman–Crippen MR) is 126 cm³/mol. The Hall–Kier alpha value is -4.44. The van der Waals surface area contributed by atoms with Crippen molar-refractivity contribution in [3.05, 3.63) is 94.1 Å². The van der Waals surface area contributed by atoms with Gasteiger partial charge in [0.05, 0.1) is 26.5 Å². The van der Waals surface area contributed by atoms with E-state index >= 15 is 0 Å². The van der Waals surface area contributed by atoms with Crippen molar-refractivity contribution >= 4 is 38.1 Å². The summed E-state index contributed by atoms with van der Waals surface area (Å²) < 4.78 is 2.35. The number of thiazole rings is 1. The number of azo groups is 1. The second kappa shape index (κ2) is 8.60. The lowest BCUT2D eigenvalue weighted by atomic mass is 10.1. The zero-order valence-electron chi connectivity index (χ0n) is 17.4. The van der Waals surface area contributed by atoms with Gasteiger partial charge in [-0.05, 0) is 24.3 Å². The maximum Gasteiger partial charge on any atom is 0.316 e. The molecule has 0 spiro atoms. The summed E-state index contributed by atoms with van der Waals surface area (Å²) in [5.41, 5.74) is 2.76. The number of nitrogens with zero attached hydrogens (tertiary/aromatic N) is 5. The maximum atomic E-state index is 13.3. The second-order valence-electron chi connectivity index (χ2n) is 6.96. The molecule has 1 N–H and O–H groups in total. The van der Waals surface area contributed by atoms with E-state index in [4.69, 9.17) is 0 Å². The van der Waals surface area contributed by atoms with Crippen molar-refractivity contribution in [3.63, 3.8) is 0 Å². The van der Waals surface area contributed by atoms with Gasteiger partial charge in [0.15, 0.2) is 12.8 Å². The molecule has 5 rings (SSSR count). The van der Waals surface area contributed by atoms with Crippen LogP contribution in [0.4, 0.5) is 16.5 Å². The van der Waals surface area contributed by atoms with Gasteiger partial charge in [-0.15, -0.1) is 10.2 Å². The van der Waals surface area contributed by atoms with Crippen molar-refractivity contribution in [3.8, 4) is 16.9 Å². The fourth-order valence-corrected chi connectivity index (χ4v) is 4.12. The molecule has 0 amide bonds. The number of nitrogens with one attached hydrogen (secondary N) is 1. The topological polar surface area (TPSA) is 105 Å². The quantitative estimate of drug-likeness (QED) is 0.256. The molecule has 0 bridgehead atoms. The van der Waals surface area contributed by atoms with Gasteiger partial charge in [-0.2, -0.15) is 0 Å². The van der Waals surface area contributed by atoms with E-state index in [2.05, 4.69) is 25.1 Å². The number of H-pyrrole nitrogens is 1. The minimum absolute atomic E-state index is 0.159. The van der Waals surface area contributed by atoms with Crippen LogP contribution in [0.2, 0.25) is 0 Å². The van der Waals surface area contributed by atoms with E-state index in [9.17, 15) is 9.70 Å². The van der Waals surface area contributed by atoms with Gasteiger partial charge in [-0.3, -0.25) is 9.89 Å². The SMILES string of the molecule is CO[N+](=O)c1ccc(-n2[nH]c(-c3ccccc3)c(N=Nc3nc4ccccc4s3)c2=O)cc1. The molecule has 0 aliphatic rings. The smallest absolute Gasteiger partial charge is 0.288 e. The minimum atomic E-state index is -0.378. The molecule has 0 radical (unpaired) electrons. The van der Waals surface area contributed by atoms with Crippen LogP contribution in [0.25, 0.3) is 27.2 Å². The van der Waals surface area contributed by atoms with Crippen molar-refractivity contribution in [1.29, 1.82) is 0 Å². The second-order valence-corrected chi connectivity index (χ2v) is 7.97. The number of hydrogen-bond donors (Lipinski definition) is 1. The van der Waals surface area contributed by atoms with Gasteiger partial charge in [-0.25, -0.2) is 14.5 Å². The van der Waals surface area contributed by atoms with Gasteiger partial charge in [-0.1, -0.05) is 53.8 Å². The lowest BCUT2D eigenvalue weighted by Crippen LogP contribution is -2.14. The normalized spacial score (nSPS) is 11.3. The molecule has 2 heterocycles. The van der Waals surface area contributed by atoms with E-state index in [1.54, 1.807) is 24.3 Å². The first-order chi connectivity index (χ1) is 16.1. The molecule has 10 heteroatoms. The third kappa shape index (κ3) is 3.94. The Morgan fingerprint density at radius 1 is 0.970 bits per heavy atom. The van der Waals surface area contributed by atoms with Crippen LogP contribution in [0.1, 0.15) is 0 Å². The van der Waals surface area contributed by atoms with Crippen LogP contribution in [0.3, 0.4) is 0 Å². The van der Waals surface area contributed by atoms with Gasteiger partial charge < -0.3 is 0 Å². The Bertz CT molecular complexity index is 1500. The number of benzene rings is 3. The molecule has 0 saturated heterocycles. The molecular weight excluding hydrogens is 440 g/mol. The molecule has 162 valence electrons. The summed E-state index contributed by atoms with van der Waals surface area (Å²) in [4.78, 5) is 34.4. The zero-order valence-corrected chi connectivity index (χ0v) is 18.2. The number of hydrogen-bond acceptors (Lipinski definition) is 7. The molecule has 0 atom stereocenters. The highest BCUT2D eigenvalue weighted by Crippen LogP contribution is 2.31. The van der Waals surface area contributed by atoms with E-state index in [0.29, 0.717) is 27.1 Å². The highest BCUT2D eigenvalue weighted by molar-refractivity contribution is 7.21. The number of aromatic amines is 1. The molecule has 0 aliphatic heterocycles. The summed E-state index contributed by atoms with van der Waals surface area (Å²) in [6.45, 7) is 0. The average molecular weight is 457 g/mol. The molecular formula is C23H17N6O3S+. The Morgan fingerprint density at radius 2 is 1.70 bits per heavy atom. The summed E-state index contributed by atoms with van der Waals surface area (Å²) in [6, 6.07) is 23.5. The summed E-state index contributed by atoms with van der Waals surface area (Å²) >= 11 is 1.40. The van der Waals surface area contributed by atoms with Crippen molar-refractivity contribution < 1.29 is 9.76 Å². The summed E-state index contributed by atoms with van der Waals surface area (Å²) in [7, 11) is 1.28. The first-order valence-corrected chi connectivity index (χ1v) is 10.8. The fraction of sp³-hybridized carbons (Fsp3) is 0.0435. The Balaban J connectivity index is 1.59. The van der Waals surface area contributed by atoms with Crippen molar-refractivity contribution in [2.24, 2.45) is 10.2 Å². The summed E-state index contributed by atoms with van der Waals surface area (Å²) in [5, 5.41) is 12.1. The summed E-state index contributed by atoms with van der Waals surface area (Å²) in [6.07, 6.45) is 0.